The average molecular weight is 156 g/mol. The summed E-state index contributed by atoms with van der Waals surface area (Å²) < 4.78 is 5.46. The zero-order valence-corrected chi connectivity index (χ0v) is 7.42. The Balaban J connectivity index is 2.15. The number of hydrogen-bond donors (Lipinski definition) is 1. The smallest absolute Gasteiger partial charge is 0.113 e. The number of aliphatic hydroxyl groups excluding tert-OH is 1. The van der Waals surface area contributed by atoms with Crippen LogP contribution in [-0.2, 0) is 4.74 Å². The summed E-state index contributed by atoms with van der Waals surface area (Å²) in [5, 5.41) is 9.60. The van der Waals surface area contributed by atoms with Crippen molar-refractivity contribution in [3.8, 4) is 0 Å². The Hall–Kier alpha value is -0.0800. The summed E-state index contributed by atoms with van der Waals surface area (Å²) in [5.74, 6) is 0. The molecular formula is C9H16O2. The molecule has 3 atom stereocenters. The number of fused-ring (bicyclic) bond motifs is 1. The fourth-order valence-electron chi connectivity index (χ4n) is 2.58. The molecule has 2 heteroatoms. The van der Waals surface area contributed by atoms with Gasteiger partial charge in [0.05, 0.1) is 11.7 Å². The molecule has 1 unspecified atom stereocenters. The molecule has 2 nitrogen and oxygen atoms in total. The third-order valence-electron chi connectivity index (χ3n) is 2.88. The lowest BCUT2D eigenvalue weighted by Gasteiger charge is -2.33. The highest BCUT2D eigenvalue weighted by atomic mass is 16.6. The van der Waals surface area contributed by atoms with Crippen LogP contribution in [0.1, 0.15) is 33.6 Å². The first-order chi connectivity index (χ1) is 4.93. The minimum absolute atomic E-state index is 0.00116. The zero-order chi connectivity index (χ0) is 8.28. The van der Waals surface area contributed by atoms with E-state index in [4.69, 9.17) is 4.74 Å². The quantitative estimate of drug-likeness (QED) is 0.537. The van der Waals surface area contributed by atoms with Crippen LogP contribution < -0.4 is 0 Å². The minimum Gasteiger partial charge on any atom is -0.390 e. The van der Waals surface area contributed by atoms with Gasteiger partial charge in [-0.15, -0.1) is 0 Å². The Labute approximate surface area is 67.6 Å². The van der Waals surface area contributed by atoms with Crippen LogP contribution in [0, 0.1) is 5.41 Å². The lowest BCUT2D eigenvalue weighted by molar-refractivity contribution is 0.0705. The van der Waals surface area contributed by atoms with Crippen LogP contribution in [0.4, 0.5) is 0 Å². The van der Waals surface area contributed by atoms with Gasteiger partial charge in [-0.2, -0.15) is 0 Å². The summed E-state index contributed by atoms with van der Waals surface area (Å²) in [6, 6.07) is 0. The summed E-state index contributed by atoms with van der Waals surface area (Å²) in [5.41, 5.74) is 0.252. The lowest BCUT2D eigenvalue weighted by Crippen LogP contribution is -2.37. The fourth-order valence-corrected chi connectivity index (χ4v) is 2.58. The van der Waals surface area contributed by atoms with Crippen molar-refractivity contribution < 1.29 is 9.84 Å². The largest absolute Gasteiger partial charge is 0.390 e. The number of hydrogen-bond acceptors (Lipinski definition) is 2. The van der Waals surface area contributed by atoms with Crippen LogP contribution in [0.5, 0.6) is 0 Å². The molecule has 1 aliphatic carbocycles. The molecule has 1 saturated carbocycles. The van der Waals surface area contributed by atoms with Gasteiger partial charge >= 0.3 is 0 Å². The Morgan fingerprint density at radius 2 is 2.00 bits per heavy atom. The van der Waals surface area contributed by atoms with Crippen molar-refractivity contribution in [1.29, 1.82) is 0 Å². The van der Waals surface area contributed by atoms with Crippen LogP contribution in [0.15, 0.2) is 0 Å². The van der Waals surface area contributed by atoms with Crippen molar-refractivity contribution in [2.75, 3.05) is 0 Å². The van der Waals surface area contributed by atoms with Gasteiger partial charge in [0.25, 0.3) is 0 Å². The van der Waals surface area contributed by atoms with E-state index in [9.17, 15) is 5.11 Å². The highest BCUT2D eigenvalue weighted by Gasteiger charge is 2.61. The highest BCUT2D eigenvalue weighted by molar-refractivity contribution is 5.10. The van der Waals surface area contributed by atoms with E-state index in [2.05, 4.69) is 20.8 Å². The van der Waals surface area contributed by atoms with E-state index >= 15 is 0 Å². The van der Waals surface area contributed by atoms with Gasteiger partial charge < -0.3 is 9.84 Å². The Morgan fingerprint density at radius 3 is 2.55 bits per heavy atom. The van der Waals surface area contributed by atoms with Crippen LogP contribution >= 0.6 is 0 Å². The maximum Gasteiger partial charge on any atom is 0.113 e. The second kappa shape index (κ2) is 1.80. The Kier molecular flexibility index (Phi) is 1.24. The van der Waals surface area contributed by atoms with Crippen LogP contribution in [0.25, 0.3) is 0 Å². The van der Waals surface area contributed by atoms with Gasteiger partial charge in [-0.05, 0) is 25.2 Å². The molecule has 2 fully saturated rings. The minimum atomic E-state index is -0.233. The van der Waals surface area contributed by atoms with Crippen molar-refractivity contribution in [2.24, 2.45) is 5.41 Å². The highest BCUT2D eigenvalue weighted by Crippen LogP contribution is 2.53. The molecule has 2 rings (SSSR count). The van der Waals surface area contributed by atoms with Gasteiger partial charge in [0.15, 0.2) is 0 Å². The molecule has 1 aliphatic heterocycles. The monoisotopic (exact) mass is 156 g/mol. The van der Waals surface area contributed by atoms with Crippen molar-refractivity contribution >= 4 is 0 Å². The summed E-state index contributed by atoms with van der Waals surface area (Å²) in [6.07, 6.45) is 1.87. The average Bonchev–Trinajstić information content (AvgIpc) is 2.36. The standard InChI is InChI=1S/C9H16O2/c1-8(2)4-6(10)7-9(3,5-8)11-7/h6-7,10H,4-5H2,1-3H3/t6-,7?,9+/m1/s1. The molecular weight excluding hydrogens is 140 g/mol. The topological polar surface area (TPSA) is 32.8 Å². The van der Waals surface area contributed by atoms with E-state index in [1.807, 2.05) is 0 Å². The molecule has 0 aromatic carbocycles. The number of epoxide rings is 1. The molecule has 0 bridgehead atoms. The van der Waals surface area contributed by atoms with Gasteiger partial charge in [-0.3, -0.25) is 0 Å². The molecule has 1 N–H and O–H groups in total. The van der Waals surface area contributed by atoms with E-state index in [1.165, 1.54) is 0 Å². The summed E-state index contributed by atoms with van der Waals surface area (Å²) in [4.78, 5) is 0. The summed E-state index contributed by atoms with van der Waals surface area (Å²) >= 11 is 0. The number of aliphatic hydroxyl groups is 1. The normalized spacial score (nSPS) is 53.5. The van der Waals surface area contributed by atoms with E-state index in [0.717, 1.165) is 12.8 Å². The van der Waals surface area contributed by atoms with E-state index < -0.39 is 0 Å². The second-order valence-electron chi connectivity index (χ2n) is 4.96. The third kappa shape index (κ3) is 1.09. The van der Waals surface area contributed by atoms with Crippen molar-refractivity contribution in [3.05, 3.63) is 0 Å². The summed E-state index contributed by atoms with van der Waals surface area (Å²) in [6.45, 7) is 6.49. The van der Waals surface area contributed by atoms with E-state index in [0.29, 0.717) is 0 Å². The summed E-state index contributed by atoms with van der Waals surface area (Å²) in [7, 11) is 0. The number of ether oxygens (including phenoxy) is 1. The van der Waals surface area contributed by atoms with E-state index in [-0.39, 0.29) is 23.2 Å². The second-order valence-corrected chi connectivity index (χ2v) is 4.96. The van der Waals surface area contributed by atoms with Crippen LogP contribution in [0.3, 0.4) is 0 Å². The van der Waals surface area contributed by atoms with Crippen molar-refractivity contribution in [2.45, 2.75) is 51.4 Å². The molecule has 0 aromatic rings. The maximum atomic E-state index is 9.60. The van der Waals surface area contributed by atoms with Crippen molar-refractivity contribution in [1.82, 2.24) is 0 Å². The third-order valence-corrected chi connectivity index (χ3v) is 2.88. The van der Waals surface area contributed by atoms with Gasteiger partial charge in [0, 0.05) is 0 Å². The molecule has 0 spiro atoms. The van der Waals surface area contributed by atoms with E-state index in [1.54, 1.807) is 0 Å². The van der Waals surface area contributed by atoms with Gasteiger partial charge in [-0.25, -0.2) is 0 Å². The Bertz CT molecular complexity index is 185. The molecule has 0 amide bonds. The predicted molar refractivity (Wildman–Crippen MR) is 42.3 cm³/mol. The first kappa shape index (κ1) is 7.56. The number of rotatable bonds is 0. The Morgan fingerprint density at radius 1 is 1.36 bits per heavy atom. The van der Waals surface area contributed by atoms with Crippen LogP contribution in [-0.4, -0.2) is 22.9 Å². The molecule has 11 heavy (non-hydrogen) atoms. The SMILES string of the molecule is CC1(C)C[C@@H](O)C2O[C@@]2(C)C1. The lowest BCUT2D eigenvalue weighted by atomic mass is 9.71. The molecule has 0 radical (unpaired) electrons. The zero-order valence-electron chi connectivity index (χ0n) is 7.42. The molecule has 1 saturated heterocycles. The van der Waals surface area contributed by atoms with Gasteiger partial charge in [0.1, 0.15) is 6.10 Å². The van der Waals surface area contributed by atoms with Gasteiger partial charge in [-0.1, -0.05) is 13.8 Å². The fraction of sp³-hybridized carbons (Fsp3) is 1.00. The molecule has 64 valence electrons. The first-order valence-electron chi connectivity index (χ1n) is 4.29. The maximum absolute atomic E-state index is 9.60. The molecule has 1 heterocycles. The van der Waals surface area contributed by atoms with Crippen LogP contribution in [0.2, 0.25) is 0 Å². The molecule has 2 aliphatic rings. The van der Waals surface area contributed by atoms with Crippen molar-refractivity contribution in [3.63, 3.8) is 0 Å². The predicted octanol–water partition coefficient (Wildman–Crippen LogP) is 1.32. The molecule has 0 aromatic heterocycles. The van der Waals surface area contributed by atoms with Gasteiger partial charge in [0.2, 0.25) is 0 Å². The first-order valence-corrected chi connectivity index (χ1v) is 4.29.